The van der Waals surface area contributed by atoms with Crippen molar-refractivity contribution in [2.24, 2.45) is 5.92 Å². The minimum absolute atomic E-state index is 0.686. The molecule has 0 saturated carbocycles. The second-order valence-electron chi connectivity index (χ2n) is 3.79. The molecule has 76 valence electrons. The van der Waals surface area contributed by atoms with Crippen molar-refractivity contribution in [1.29, 1.82) is 0 Å². The summed E-state index contributed by atoms with van der Waals surface area (Å²) < 4.78 is 0. The first-order valence-corrected chi connectivity index (χ1v) is 5.05. The Hall–Kier alpha value is -1.31. The molecule has 0 atom stereocenters. The summed E-state index contributed by atoms with van der Waals surface area (Å²) in [7, 11) is 0. The fourth-order valence-corrected chi connectivity index (χ4v) is 1.27. The first-order valence-electron chi connectivity index (χ1n) is 5.05. The summed E-state index contributed by atoms with van der Waals surface area (Å²) in [6.07, 6.45) is 6.86. The van der Waals surface area contributed by atoms with Gasteiger partial charge in [0.2, 0.25) is 0 Å². The van der Waals surface area contributed by atoms with Crippen molar-refractivity contribution >= 4 is 5.82 Å². The zero-order chi connectivity index (χ0) is 10.4. The van der Waals surface area contributed by atoms with Gasteiger partial charge in [0.1, 0.15) is 5.82 Å². The molecule has 14 heavy (non-hydrogen) atoms. The van der Waals surface area contributed by atoms with E-state index >= 15 is 0 Å². The minimum Gasteiger partial charge on any atom is -0.347 e. The highest BCUT2D eigenvalue weighted by Crippen LogP contribution is 2.09. The molecular formula is C12H18N2. The topological polar surface area (TPSA) is 24.9 Å². The monoisotopic (exact) mass is 190 g/mol. The highest BCUT2D eigenvalue weighted by molar-refractivity contribution is 5.38. The molecule has 0 aliphatic carbocycles. The van der Waals surface area contributed by atoms with Crippen molar-refractivity contribution in [2.45, 2.75) is 27.2 Å². The van der Waals surface area contributed by atoms with Gasteiger partial charge in [-0.25, -0.2) is 4.98 Å². The zero-order valence-corrected chi connectivity index (χ0v) is 9.12. The first kappa shape index (κ1) is 10.8. The van der Waals surface area contributed by atoms with E-state index in [9.17, 15) is 0 Å². The number of nitrogens with one attached hydrogen (secondary N) is 1. The number of hydrogen-bond donors (Lipinski definition) is 1. The van der Waals surface area contributed by atoms with Crippen LogP contribution in [0.15, 0.2) is 30.6 Å². The summed E-state index contributed by atoms with van der Waals surface area (Å²) in [4.78, 5) is 4.31. The van der Waals surface area contributed by atoms with Crippen LogP contribution in [-0.2, 0) is 6.42 Å². The Morgan fingerprint density at radius 3 is 2.71 bits per heavy atom. The van der Waals surface area contributed by atoms with Gasteiger partial charge in [-0.3, -0.25) is 0 Å². The van der Waals surface area contributed by atoms with Crippen molar-refractivity contribution in [3.05, 3.63) is 36.2 Å². The van der Waals surface area contributed by atoms with E-state index in [0.29, 0.717) is 5.92 Å². The van der Waals surface area contributed by atoms with Crippen LogP contribution in [0.3, 0.4) is 0 Å². The SMILES string of the molecule is CC=CNc1ccc(CC(C)C)cn1. The smallest absolute Gasteiger partial charge is 0.129 e. The number of rotatable bonds is 4. The molecule has 1 aromatic rings. The van der Waals surface area contributed by atoms with Gasteiger partial charge in [0.25, 0.3) is 0 Å². The normalized spacial score (nSPS) is 11.1. The lowest BCUT2D eigenvalue weighted by Crippen LogP contribution is -1.96. The van der Waals surface area contributed by atoms with Gasteiger partial charge in [-0.05, 0) is 37.1 Å². The Balaban J connectivity index is 2.59. The molecule has 0 aliphatic heterocycles. The lowest BCUT2D eigenvalue weighted by molar-refractivity contribution is 0.646. The lowest BCUT2D eigenvalue weighted by atomic mass is 10.1. The van der Waals surface area contributed by atoms with E-state index in [-0.39, 0.29) is 0 Å². The van der Waals surface area contributed by atoms with Crippen LogP contribution in [0.4, 0.5) is 5.82 Å². The summed E-state index contributed by atoms with van der Waals surface area (Å²) in [5, 5.41) is 3.08. The van der Waals surface area contributed by atoms with Gasteiger partial charge in [-0.1, -0.05) is 26.0 Å². The van der Waals surface area contributed by atoms with Crippen molar-refractivity contribution in [2.75, 3.05) is 5.32 Å². The number of aromatic nitrogens is 1. The molecule has 1 rings (SSSR count). The third-order valence-corrected chi connectivity index (χ3v) is 1.87. The van der Waals surface area contributed by atoms with Gasteiger partial charge >= 0.3 is 0 Å². The van der Waals surface area contributed by atoms with Crippen LogP contribution in [0.25, 0.3) is 0 Å². The van der Waals surface area contributed by atoms with E-state index in [4.69, 9.17) is 0 Å². The first-order chi connectivity index (χ1) is 6.72. The lowest BCUT2D eigenvalue weighted by Gasteiger charge is -2.05. The molecule has 0 radical (unpaired) electrons. The number of nitrogens with zero attached hydrogens (tertiary/aromatic N) is 1. The van der Waals surface area contributed by atoms with Gasteiger partial charge < -0.3 is 5.32 Å². The second-order valence-corrected chi connectivity index (χ2v) is 3.79. The molecule has 1 aromatic heterocycles. The number of pyridine rings is 1. The van der Waals surface area contributed by atoms with E-state index in [2.05, 4.69) is 30.2 Å². The fourth-order valence-electron chi connectivity index (χ4n) is 1.27. The average Bonchev–Trinajstić information content (AvgIpc) is 2.16. The van der Waals surface area contributed by atoms with Gasteiger partial charge in [0.05, 0.1) is 0 Å². The molecule has 0 aromatic carbocycles. The van der Waals surface area contributed by atoms with Crippen molar-refractivity contribution < 1.29 is 0 Å². The van der Waals surface area contributed by atoms with E-state index < -0.39 is 0 Å². The molecule has 0 saturated heterocycles. The van der Waals surface area contributed by atoms with Gasteiger partial charge in [-0.15, -0.1) is 0 Å². The maximum Gasteiger partial charge on any atom is 0.129 e. The molecule has 0 aliphatic rings. The van der Waals surface area contributed by atoms with E-state index in [0.717, 1.165) is 12.2 Å². The maximum atomic E-state index is 4.31. The zero-order valence-electron chi connectivity index (χ0n) is 9.12. The Bertz CT molecular complexity index is 286. The standard InChI is InChI=1S/C12H18N2/c1-4-7-13-12-6-5-11(9-14-12)8-10(2)3/h4-7,9-10H,8H2,1-3H3,(H,13,14). The molecule has 1 heterocycles. The van der Waals surface area contributed by atoms with Gasteiger partial charge in [0.15, 0.2) is 0 Å². The van der Waals surface area contributed by atoms with Crippen LogP contribution in [0.1, 0.15) is 26.3 Å². The maximum absolute atomic E-state index is 4.31. The van der Waals surface area contributed by atoms with Crippen LogP contribution in [0, 0.1) is 5.92 Å². The summed E-state index contributed by atoms with van der Waals surface area (Å²) in [5.74, 6) is 1.58. The van der Waals surface area contributed by atoms with E-state index in [1.807, 2.05) is 31.5 Å². The highest BCUT2D eigenvalue weighted by atomic mass is 15.0. The predicted molar refractivity (Wildman–Crippen MR) is 61.2 cm³/mol. The Labute approximate surface area is 86.1 Å². The third kappa shape index (κ3) is 3.60. The Kier molecular flexibility index (Phi) is 4.17. The van der Waals surface area contributed by atoms with Crippen molar-refractivity contribution in [1.82, 2.24) is 4.98 Å². The van der Waals surface area contributed by atoms with Crippen LogP contribution in [-0.4, -0.2) is 4.98 Å². The fraction of sp³-hybridized carbons (Fsp3) is 0.417. The summed E-state index contributed by atoms with van der Waals surface area (Å²) >= 11 is 0. The van der Waals surface area contributed by atoms with Gasteiger partial charge in [0, 0.05) is 6.20 Å². The summed E-state index contributed by atoms with van der Waals surface area (Å²) in [6, 6.07) is 4.14. The molecule has 0 unspecified atom stereocenters. The molecule has 1 N–H and O–H groups in total. The average molecular weight is 190 g/mol. The van der Waals surface area contributed by atoms with Crippen LogP contribution >= 0.6 is 0 Å². The van der Waals surface area contributed by atoms with Crippen molar-refractivity contribution in [3.63, 3.8) is 0 Å². The van der Waals surface area contributed by atoms with E-state index in [1.54, 1.807) is 0 Å². The quantitative estimate of drug-likeness (QED) is 0.788. The summed E-state index contributed by atoms with van der Waals surface area (Å²) in [6.45, 7) is 6.40. The van der Waals surface area contributed by atoms with Crippen LogP contribution in [0.2, 0.25) is 0 Å². The molecule has 2 heteroatoms. The molecule has 0 amide bonds. The molecular weight excluding hydrogens is 172 g/mol. The van der Waals surface area contributed by atoms with Gasteiger partial charge in [-0.2, -0.15) is 0 Å². The predicted octanol–water partition coefficient (Wildman–Crippen LogP) is 3.23. The third-order valence-electron chi connectivity index (χ3n) is 1.87. The molecule has 0 fully saturated rings. The van der Waals surface area contributed by atoms with Crippen molar-refractivity contribution in [3.8, 4) is 0 Å². The molecule has 0 bridgehead atoms. The van der Waals surface area contributed by atoms with E-state index in [1.165, 1.54) is 5.56 Å². The number of hydrogen-bond acceptors (Lipinski definition) is 2. The number of allylic oxidation sites excluding steroid dienone is 1. The Morgan fingerprint density at radius 1 is 1.43 bits per heavy atom. The second kappa shape index (κ2) is 5.43. The minimum atomic E-state index is 0.686. The summed E-state index contributed by atoms with van der Waals surface area (Å²) in [5.41, 5.74) is 1.30. The van der Waals surface area contributed by atoms with Crippen LogP contribution < -0.4 is 5.32 Å². The number of anilines is 1. The highest BCUT2D eigenvalue weighted by Gasteiger charge is 1.97. The molecule has 0 spiro atoms. The van der Waals surface area contributed by atoms with Crippen LogP contribution in [0.5, 0.6) is 0 Å². The largest absolute Gasteiger partial charge is 0.347 e. The Morgan fingerprint density at radius 2 is 2.21 bits per heavy atom. The molecule has 2 nitrogen and oxygen atoms in total.